The van der Waals surface area contributed by atoms with E-state index < -0.39 is 0 Å². The number of nitrogens with zero attached hydrogens (tertiary/aromatic N) is 2. The topological polar surface area (TPSA) is 65.1 Å². The molecule has 3 N–H and O–H groups in total. The summed E-state index contributed by atoms with van der Waals surface area (Å²) in [5.41, 5.74) is 3.84. The monoisotopic (exact) mass is 503 g/mol. The number of nitrogens with one attached hydrogen (secondary N) is 3. The molecule has 1 saturated carbocycles. The molecule has 0 amide bonds. The fourth-order valence-corrected chi connectivity index (χ4v) is 4.02. The number of hydrogen-bond acceptors (Lipinski definition) is 2. The number of imidazole rings is 1. The number of benzene rings is 2. The molecule has 0 radical (unpaired) electrons. The van der Waals surface area contributed by atoms with Crippen LogP contribution in [0.3, 0.4) is 0 Å². The third-order valence-corrected chi connectivity index (χ3v) is 5.84. The van der Waals surface area contributed by atoms with Crippen LogP contribution in [0.5, 0.6) is 0 Å². The lowest BCUT2D eigenvalue weighted by Crippen LogP contribution is -2.49. The molecule has 4 rings (SSSR count). The average Bonchev–Trinajstić information content (AvgIpc) is 3.12. The minimum atomic E-state index is 0. The van der Waals surface area contributed by atoms with Gasteiger partial charge in [0.15, 0.2) is 5.96 Å². The van der Waals surface area contributed by atoms with E-state index in [1.54, 1.807) is 0 Å². The van der Waals surface area contributed by atoms with Crippen molar-refractivity contribution in [1.29, 1.82) is 0 Å². The molecule has 5 nitrogen and oxygen atoms in total. The van der Waals surface area contributed by atoms with Crippen LogP contribution in [-0.4, -0.2) is 36.1 Å². The largest absolute Gasteiger partial charge is 0.356 e. The zero-order valence-corrected chi connectivity index (χ0v) is 19.3. The van der Waals surface area contributed by atoms with Gasteiger partial charge in [-0.1, -0.05) is 48.9 Å². The van der Waals surface area contributed by atoms with Crippen molar-refractivity contribution in [2.24, 2.45) is 4.99 Å². The van der Waals surface area contributed by atoms with Crippen LogP contribution in [0.2, 0.25) is 0 Å². The van der Waals surface area contributed by atoms with Crippen molar-refractivity contribution < 1.29 is 0 Å². The summed E-state index contributed by atoms with van der Waals surface area (Å²) in [7, 11) is 1.84. The van der Waals surface area contributed by atoms with Gasteiger partial charge >= 0.3 is 0 Å². The molecular formula is C23H30IN5. The van der Waals surface area contributed by atoms with Crippen molar-refractivity contribution in [3.8, 4) is 0 Å². The third kappa shape index (κ3) is 5.10. The first-order valence-corrected chi connectivity index (χ1v) is 10.2. The first-order valence-electron chi connectivity index (χ1n) is 10.2. The van der Waals surface area contributed by atoms with Crippen LogP contribution >= 0.6 is 24.0 Å². The summed E-state index contributed by atoms with van der Waals surface area (Å²) >= 11 is 0. The van der Waals surface area contributed by atoms with Crippen molar-refractivity contribution in [2.45, 2.75) is 37.5 Å². The van der Waals surface area contributed by atoms with Gasteiger partial charge in [0.05, 0.1) is 11.0 Å². The summed E-state index contributed by atoms with van der Waals surface area (Å²) in [6, 6.07) is 19.0. The van der Waals surface area contributed by atoms with E-state index in [0.717, 1.165) is 48.7 Å². The first kappa shape index (κ1) is 21.6. The summed E-state index contributed by atoms with van der Waals surface area (Å²) < 4.78 is 0. The number of hydrogen-bond donors (Lipinski definition) is 3. The lowest BCUT2D eigenvalue weighted by Gasteiger charge is -2.43. The smallest absolute Gasteiger partial charge is 0.191 e. The second kappa shape index (κ2) is 10.1. The summed E-state index contributed by atoms with van der Waals surface area (Å²) in [5.74, 6) is 1.93. The molecule has 0 unspecified atom stereocenters. The van der Waals surface area contributed by atoms with Gasteiger partial charge in [-0.05, 0) is 37.0 Å². The molecule has 0 saturated heterocycles. The Bertz CT molecular complexity index is 898. The Morgan fingerprint density at radius 1 is 1.07 bits per heavy atom. The molecule has 1 heterocycles. The standard InChI is InChI=1S/C23H29N5.HI/c1-24-22(26-17-23(14-8-15-23)18-9-3-2-4-10-18)25-16-7-13-21-27-19-11-5-6-12-20(19)28-21;/h2-6,9-12H,7-8,13-17H2,1H3,(H,27,28)(H2,24,25,26);1H. The van der Waals surface area contributed by atoms with E-state index in [4.69, 9.17) is 0 Å². The maximum absolute atomic E-state index is 4.64. The molecule has 2 aromatic carbocycles. The minimum absolute atomic E-state index is 0. The number of rotatable bonds is 7. The van der Waals surface area contributed by atoms with Gasteiger partial charge in [0.2, 0.25) is 0 Å². The van der Waals surface area contributed by atoms with Crippen LogP contribution in [0.25, 0.3) is 11.0 Å². The summed E-state index contributed by atoms with van der Waals surface area (Å²) in [6.07, 6.45) is 5.72. The van der Waals surface area contributed by atoms with Crippen molar-refractivity contribution in [2.75, 3.05) is 20.1 Å². The Balaban J connectivity index is 0.00000240. The van der Waals surface area contributed by atoms with Gasteiger partial charge in [-0.25, -0.2) is 4.98 Å². The zero-order chi connectivity index (χ0) is 19.2. The Kier molecular flexibility index (Phi) is 7.52. The molecule has 0 aliphatic heterocycles. The van der Waals surface area contributed by atoms with Crippen LogP contribution in [0.1, 0.15) is 37.1 Å². The molecule has 6 heteroatoms. The fourth-order valence-electron chi connectivity index (χ4n) is 4.02. The molecule has 0 spiro atoms. The van der Waals surface area contributed by atoms with Gasteiger partial charge in [-0.2, -0.15) is 0 Å². The summed E-state index contributed by atoms with van der Waals surface area (Å²) in [4.78, 5) is 12.4. The molecule has 0 bridgehead atoms. The normalized spacial score (nSPS) is 15.4. The van der Waals surface area contributed by atoms with Crippen LogP contribution < -0.4 is 10.6 Å². The number of H-pyrrole nitrogens is 1. The van der Waals surface area contributed by atoms with Gasteiger partial charge in [-0.15, -0.1) is 24.0 Å². The highest BCUT2D eigenvalue weighted by Gasteiger charge is 2.38. The average molecular weight is 503 g/mol. The van der Waals surface area contributed by atoms with Gasteiger partial charge in [0.25, 0.3) is 0 Å². The van der Waals surface area contributed by atoms with Crippen LogP contribution in [-0.2, 0) is 11.8 Å². The lowest BCUT2D eigenvalue weighted by atomic mass is 9.64. The number of aromatic nitrogens is 2. The highest BCUT2D eigenvalue weighted by Crippen LogP contribution is 2.43. The molecule has 1 aliphatic carbocycles. The lowest BCUT2D eigenvalue weighted by molar-refractivity contribution is 0.244. The molecule has 1 aliphatic rings. The van der Waals surface area contributed by atoms with E-state index in [1.165, 1.54) is 24.8 Å². The molecule has 0 atom stereocenters. The number of guanidine groups is 1. The molecular weight excluding hydrogens is 473 g/mol. The van der Waals surface area contributed by atoms with Gasteiger partial charge in [-0.3, -0.25) is 4.99 Å². The molecule has 1 fully saturated rings. The van der Waals surface area contributed by atoms with Crippen LogP contribution in [0.15, 0.2) is 59.6 Å². The Labute approximate surface area is 189 Å². The Morgan fingerprint density at radius 2 is 1.83 bits per heavy atom. The number of para-hydroxylation sites is 2. The number of aliphatic imine (C=N–C) groups is 1. The van der Waals surface area contributed by atoms with Crippen molar-refractivity contribution in [3.63, 3.8) is 0 Å². The van der Waals surface area contributed by atoms with Crippen LogP contribution in [0, 0.1) is 0 Å². The van der Waals surface area contributed by atoms with E-state index in [-0.39, 0.29) is 29.4 Å². The summed E-state index contributed by atoms with van der Waals surface area (Å²) in [6.45, 7) is 1.80. The number of aryl methyl sites for hydroxylation is 1. The van der Waals surface area contributed by atoms with Gasteiger partial charge in [0.1, 0.15) is 5.82 Å². The quantitative estimate of drug-likeness (QED) is 0.194. The number of aromatic amines is 1. The highest BCUT2D eigenvalue weighted by atomic mass is 127. The van der Waals surface area contributed by atoms with E-state index in [9.17, 15) is 0 Å². The van der Waals surface area contributed by atoms with E-state index in [0.29, 0.717) is 0 Å². The molecule has 1 aromatic heterocycles. The molecule has 3 aromatic rings. The zero-order valence-electron chi connectivity index (χ0n) is 16.9. The van der Waals surface area contributed by atoms with E-state index >= 15 is 0 Å². The van der Waals surface area contributed by atoms with Crippen molar-refractivity contribution >= 4 is 41.0 Å². The SMILES string of the molecule is CN=C(NCCCc1nc2ccccc2[nH]1)NCC1(c2ccccc2)CCC1.I. The minimum Gasteiger partial charge on any atom is -0.356 e. The Morgan fingerprint density at radius 3 is 2.52 bits per heavy atom. The molecule has 154 valence electrons. The summed E-state index contributed by atoms with van der Waals surface area (Å²) in [5, 5.41) is 6.99. The van der Waals surface area contributed by atoms with Gasteiger partial charge < -0.3 is 15.6 Å². The van der Waals surface area contributed by atoms with Crippen molar-refractivity contribution in [3.05, 3.63) is 66.0 Å². The third-order valence-electron chi connectivity index (χ3n) is 5.84. The predicted octanol–water partition coefficient (Wildman–Crippen LogP) is 4.40. The first-order chi connectivity index (χ1) is 13.8. The van der Waals surface area contributed by atoms with E-state index in [2.05, 4.69) is 62.0 Å². The predicted molar refractivity (Wildman–Crippen MR) is 131 cm³/mol. The maximum Gasteiger partial charge on any atom is 0.191 e. The number of fused-ring (bicyclic) bond motifs is 1. The second-order valence-electron chi connectivity index (χ2n) is 7.66. The van der Waals surface area contributed by atoms with E-state index in [1.807, 2.05) is 25.2 Å². The van der Waals surface area contributed by atoms with Crippen LogP contribution in [0.4, 0.5) is 0 Å². The van der Waals surface area contributed by atoms with Gasteiger partial charge in [0, 0.05) is 32.0 Å². The maximum atomic E-state index is 4.64. The van der Waals surface area contributed by atoms with Crippen molar-refractivity contribution in [1.82, 2.24) is 20.6 Å². The highest BCUT2D eigenvalue weighted by molar-refractivity contribution is 14.0. The number of halogens is 1. The molecule has 29 heavy (non-hydrogen) atoms. The fraction of sp³-hybridized carbons (Fsp3) is 0.391. The second-order valence-corrected chi connectivity index (χ2v) is 7.66. The Hall–Kier alpha value is -2.09.